The van der Waals surface area contributed by atoms with E-state index in [-0.39, 0.29) is 83.2 Å². The fourth-order valence-electron chi connectivity index (χ4n) is 9.32. The lowest BCUT2D eigenvalue weighted by Crippen LogP contribution is -2.50. The van der Waals surface area contributed by atoms with Crippen LogP contribution in [0.5, 0.6) is 0 Å². The predicted molar refractivity (Wildman–Crippen MR) is 286 cm³/mol. The molecule has 0 saturated heterocycles. The Kier molecular flexibility index (Phi) is 24.9. The minimum atomic E-state index is -0.707. The molecular weight excluding hydrogens is 1040 g/mol. The Morgan fingerprint density at radius 3 is 1.76 bits per heavy atom. The standard InChI is InChI=1S/C17H25NO3.C11H8Cl2O3.C11H9ClO3.C11H10O3.C7H13NO2/c1-13(2)18(14(3)19)16(12-21-4)17(20)11-10-15-8-6-5-7-9-15;12-7-1-6-2-8(16-5-14)4-10(15)11(6)9(13)3-7;12-8-1-2-10-7(3-8)4-9(15-6-13)5-11(10)14;12-7-14-9-5-8-3-1-2-4-10(8)11(13)6-9;1-5(2)8-7(3-4-7)6(9)10/h5-9,13,16H,10-12H2,1-4H3;1,3-6,11H,2H2;1-3,5-7,10H,4H2;1-4,6-8,10H,5H2;5,8H,3-4H2,1-2H3,(H,9,10)/t16-;;;;/m1..../s1. The van der Waals surface area contributed by atoms with E-state index in [1.807, 2.05) is 88.4 Å². The molecule has 1 amide bonds. The number of hydrogen-bond acceptors (Lipinski definition) is 14. The number of ketones is 4. The molecule has 19 heteroatoms. The summed E-state index contributed by atoms with van der Waals surface area (Å²) < 4.78 is 19.2. The normalized spacial score (nSPS) is 23.3. The maximum absolute atomic E-state index is 12.5. The number of nitrogens with zero attached hydrogens (tertiary/aromatic N) is 1. The lowest BCUT2D eigenvalue weighted by Gasteiger charge is -2.33. The van der Waals surface area contributed by atoms with Crippen LogP contribution in [0, 0.1) is 35.5 Å². The van der Waals surface area contributed by atoms with Gasteiger partial charge in [-0.25, -0.2) is 0 Å². The summed E-state index contributed by atoms with van der Waals surface area (Å²) >= 11 is 17.7. The number of allylic oxidation sites excluding steroid dienone is 18. The largest absolute Gasteiger partial charge is 0.480 e. The van der Waals surface area contributed by atoms with Crippen molar-refractivity contribution in [2.75, 3.05) is 13.7 Å². The highest BCUT2D eigenvalue weighted by molar-refractivity contribution is 6.36. The van der Waals surface area contributed by atoms with Gasteiger partial charge < -0.3 is 29.0 Å². The zero-order valence-corrected chi connectivity index (χ0v) is 45.5. The lowest BCUT2D eigenvalue weighted by atomic mass is 9.78. The highest BCUT2D eigenvalue weighted by Crippen LogP contribution is 2.41. The van der Waals surface area contributed by atoms with Crippen molar-refractivity contribution in [2.24, 2.45) is 35.5 Å². The van der Waals surface area contributed by atoms with E-state index in [2.05, 4.69) is 5.32 Å². The quantitative estimate of drug-likeness (QED) is 0.110. The van der Waals surface area contributed by atoms with Gasteiger partial charge in [0.15, 0.2) is 23.1 Å². The molecule has 1 aromatic rings. The first kappa shape index (κ1) is 62.2. The minimum absolute atomic E-state index is 0.00921. The van der Waals surface area contributed by atoms with Crippen LogP contribution in [-0.4, -0.2) is 102 Å². The second-order valence-electron chi connectivity index (χ2n) is 19.2. The molecule has 7 aliphatic carbocycles. The highest BCUT2D eigenvalue weighted by atomic mass is 35.5. The summed E-state index contributed by atoms with van der Waals surface area (Å²) in [6.07, 6.45) is 24.7. The van der Waals surface area contributed by atoms with Crippen LogP contribution in [-0.2, 0) is 68.5 Å². The van der Waals surface area contributed by atoms with Gasteiger partial charge in [0.1, 0.15) is 28.9 Å². The number of rotatable bonds is 17. The minimum Gasteiger partial charge on any atom is -0.480 e. The summed E-state index contributed by atoms with van der Waals surface area (Å²) in [6, 6.07) is 9.62. The fourth-order valence-corrected chi connectivity index (χ4v) is 10.3. The first-order valence-electron chi connectivity index (χ1n) is 24.7. The van der Waals surface area contributed by atoms with E-state index in [0.29, 0.717) is 83.9 Å². The number of carboxylic acids is 1. The maximum atomic E-state index is 12.5. The van der Waals surface area contributed by atoms with Crippen LogP contribution in [0.2, 0.25) is 0 Å². The van der Waals surface area contributed by atoms with Gasteiger partial charge in [-0.05, 0) is 76.5 Å². The number of benzene rings is 1. The van der Waals surface area contributed by atoms with Crippen molar-refractivity contribution in [3.8, 4) is 0 Å². The molecule has 1 aromatic carbocycles. The van der Waals surface area contributed by atoms with Gasteiger partial charge in [0.05, 0.1) is 12.5 Å². The number of hydrogen-bond donors (Lipinski definition) is 2. The highest BCUT2D eigenvalue weighted by Gasteiger charge is 2.50. The van der Waals surface area contributed by atoms with Crippen molar-refractivity contribution < 1.29 is 67.2 Å². The number of carboxylic acid groups (broad SMARTS) is 1. The van der Waals surface area contributed by atoms with Crippen LogP contribution in [0.1, 0.15) is 78.7 Å². The van der Waals surface area contributed by atoms with Crippen LogP contribution >= 0.6 is 34.8 Å². The Morgan fingerprint density at radius 2 is 1.26 bits per heavy atom. The summed E-state index contributed by atoms with van der Waals surface area (Å²) in [4.78, 5) is 102. The average molecular weight is 1110 g/mol. The summed E-state index contributed by atoms with van der Waals surface area (Å²) in [5.41, 5.74) is 0.565. The Labute approximate surface area is 458 Å². The molecule has 16 nitrogen and oxygen atoms in total. The second-order valence-corrected chi connectivity index (χ2v) is 20.5. The Bertz CT molecular complexity index is 2590. The van der Waals surface area contributed by atoms with Gasteiger partial charge in [-0.1, -0.05) is 108 Å². The third kappa shape index (κ3) is 18.8. The number of aryl methyl sites for hydroxylation is 1. The van der Waals surface area contributed by atoms with Crippen molar-refractivity contribution in [2.45, 2.75) is 103 Å². The average Bonchev–Trinajstić information content (AvgIpc) is 4.14. The molecule has 8 rings (SSSR count). The van der Waals surface area contributed by atoms with E-state index < -0.39 is 17.6 Å². The molecule has 7 aliphatic rings. The molecule has 0 aliphatic heterocycles. The molecule has 0 aromatic heterocycles. The van der Waals surface area contributed by atoms with E-state index in [0.717, 1.165) is 18.4 Å². The Morgan fingerprint density at radius 1 is 0.737 bits per heavy atom. The van der Waals surface area contributed by atoms with Crippen LogP contribution in [0.4, 0.5) is 0 Å². The van der Waals surface area contributed by atoms with Gasteiger partial charge in [0, 0.05) is 103 Å². The number of carbonyl (C=O) groups is 9. The zero-order valence-electron chi connectivity index (χ0n) is 43.2. The van der Waals surface area contributed by atoms with Crippen molar-refractivity contribution in [3.05, 3.63) is 141 Å². The van der Waals surface area contributed by atoms with Gasteiger partial charge in [-0.15, -0.1) is 0 Å². The van der Waals surface area contributed by atoms with Crippen LogP contribution in [0.25, 0.3) is 0 Å². The zero-order chi connectivity index (χ0) is 56.1. The molecule has 1 saturated carbocycles. The summed E-state index contributed by atoms with van der Waals surface area (Å²) in [6.45, 7) is 10.5. The number of aliphatic carboxylic acids is 1. The number of Topliss-reactive ketones (excluding diaryl/α,β-unsaturated/α-hetero) is 1. The number of amides is 1. The molecular formula is C57H65Cl3N2O14. The molecule has 0 spiro atoms. The van der Waals surface area contributed by atoms with E-state index >= 15 is 0 Å². The molecule has 7 atom stereocenters. The Hall–Kier alpha value is -6.30. The summed E-state index contributed by atoms with van der Waals surface area (Å²) in [7, 11) is 1.55. The molecule has 76 heavy (non-hydrogen) atoms. The van der Waals surface area contributed by atoms with Crippen molar-refractivity contribution in [3.63, 3.8) is 0 Å². The van der Waals surface area contributed by atoms with Gasteiger partial charge in [-0.2, -0.15) is 0 Å². The molecule has 1 fully saturated rings. The SMILES string of the molecule is CC(C)NC1(C(=O)O)CC1.COC[C@H](C(=O)CCc1ccccc1)N(C(C)=O)C(C)C.O=COC1=CC(=O)C2C(Cl)=CC(Cl)=CC2C1.O=COC1=CC(=O)C2C=CC(Cl)=CC2C1.O=COC1=CC(=O)C2C=CC=CC2C1. The first-order chi connectivity index (χ1) is 36.2. The molecule has 0 radical (unpaired) electrons. The topological polar surface area (TPSA) is 226 Å². The second kappa shape index (κ2) is 30.4. The van der Waals surface area contributed by atoms with E-state index in [1.165, 1.54) is 25.2 Å². The third-order valence-corrected chi connectivity index (χ3v) is 13.7. The molecule has 2 N–H and O–H groups in total. The number of halogens is 3. The molecule has 6 unspecified atom stereocenters. The van der Waals surface area contributed by atoms with E-state index in [9.17, 15) is 43.2 Å². The van der Waals surface area contributed by atoms with Gasteiger partial charge in [-0.3, -0.25) is 48.5 Å². The van der Waals surface area contributed by atoms with Crippen molar-refractivity contribution >= 4 is 89.2 Å². The van der Waals surface area contributed by atoms with Crippen LogP contribution in [0.3, 0.4) is 0 Å². The van der Waals surface area contributed by atoms with Gasteiger partial charge in [0.25, 0.3) is 19.4 Å². The number of fused-ring (bicyclic) bond motifs is 3. The van der Waals surface area contributed by atoms with Crippen LogP contribution < -0.4 is 5.32 Å². The summed E-state index contributed by atoms with van der Waals surface area (Å²) in [5, 5.41) is 13.3. The number of nitrogens with one attached hydrogen (secondary N) is 1. The van der Waals surface area contributed by atoms with E-state index in [4.69, 9.17) is 58.9 Å². The van der Waals surface area contributed by atoms with Crippen LogP contribution in [0.15, 0.2) is 136 Å². The van der Waals surface area contributed by atoms with Gasteiger partial charge >= 0.3 is 5.97 Å². The van der Waals surface area contributed by atoms with Crippen molar-refractivity contribution in [1.82, 2.24) is 10.2 Å². The molecule has 408 valence electrons. The number of methoxy groups -OCH3 is 1. The smallest absolute Gasteiger partial charge is 0.323 e. The maximum Gasteiger partial charge on any atom is 0.323 e. The Balaban J connectivity index is 0.000000209. The van der Waals surface area contributed by atoms with E-state index in [1.54, 1.807) is 36.3 Å². The first-order valence-corrected chi connectivity index (χ1v) is 25.8. The number of carbonyl (C=O) groups excluding carboxylic acids is 8. The van der Waals surface area contributed by atoms with Crippen molar-refractivity contribution in [1.29, 1.82) is 0 Å². The van der Waals surface area contributed by atoms with Gasteiger partial charge in [0.2, 0.25) is 5.91 Å². The predicted octanol–water partition coefficient (Wildman–Crippen LogP) is 8.88. The summed E-state index contributed by atoms with van der Waals surface area (Å²) in [5.74, 6) is -0.306. The molecule has 0 heterocycles. The number of ether oxygens (including phenoxy) is 4. The lowest BCUT2D eigenvalue weighted by molar-refractivity contribution is -0.142. The third-order valence-electron chi connectivity index (χ3n) is 12.9. The monoisotopic (exact) mass is 1110 g/mol. The fraction of sp³-hybridized carbons (Fsp3) is 0.421. The molecule has 0 bridgehead atoms.